The Bertz CT molecular complexity index is 630. The van der Waals surface area contributed by atoms with Crippen molar-refractivity contribution < 1.29 is 9.53 Å². The number of esters is 1. The van der Waals surface area contributed by atoms with E-state index in [2.05, 4.69) is 12.1 Å². The summed E-state index contributed by atoms with van der Waals surface area (Å²) in [5.41, 5.74) is 9.90. The van der Waals surface area contributed by atoms with Crippen molar-refractivity contribution in [2.45, 2.75) is 13.5 Å². The zero-order valence-corrected chi connectivity index (χ0v) is 12.1. The molecular formula is C18H19NO2. The van der Waals surface area contributed by atoms with Crippen molar-refractivity contribution in [2.75, 3.05) is 6.61 Å². The van der Waals surface area contributed by atoms with E-state index in [1.165, 1.54) is 6.08 Å². The Morgan fingerprint density at radius 2 is 1.90 bits per heavy atom. The predicted octanol–water partition coefficient (Wildman–Crippen LogP) is 3.39. The smallest absolute Gasteiger partial charge is 0.330 e. The third-order valence-corrected chi connectivity index (χ3v) is 3.11. The normalized spacial score (nSPS) is 10.8. The fraction of sp³-hybridized carbons (Fsp3) is 0.167. The van der Waals surface area contributed by atoms with E-state index in [9.17, 15) is 4.79 Å². The lowest BCUT2D eigenvalue weighted by Crippen LogP contribution is -1.98. The maximum Gasteiger partial charge on any atom is 0.330 e. The summed E-state index contributed by atoms with van der Waals surface area (Å²) in [5, 5.41) is 0. The van der Waals surface area contributed by atoms with Crippen LogP contribution >= 0.6 is 0 Å². The lowest BCUT2D eigenvalue weighted by molar-refractivity contribution is -0.137. The molecule has 0 aromatic heterocycles. The first-order valence-electron chi connectivity index (χ1n) is 6.97. The standard InChI is InChI=1S/C18H19NO2/c1-2-21-18(20)11-8-14-4-3-5-17(12-14)16-9-6-15(13-19)7-10-16/h3-12H,2,13,19H2,1H3. The molecule has 21 heavy (non-hydrogen) atoms. The van der Waals surface area contributed by atoms with E-state index in [0.29, 0.717) is 13.2 Å². The van der Waals surface area contributed by atoms with Gasteiger partial charge in [-0.1, -0.05) is 42.5 Å². The van der Waals surface area contributed by atoms with Crippen molar-refractivity contribution in [3.63, 3.8) is 0 Å². The second kappa shape index (κ2) is 7.41. The van der Waals surface area contributed by atoms with Gasteiger partial charge in [0.2, 0.25) is 0 Å². The molecule has 2 aromatic carbocycles. The molecule has 0 aliphatic heterocycles. The molecule has 0 amide bonds. The molecule has 2 N–H and O–H groups in total. The molecular weight excluding hydrogens is 262 g/mol. The molecule has 0 saturated heterocycles. The number of hydrogen-bond acceptors (Lipinski definition) is 3. The van der Waals surface area contributed by atoms with Gasteiger partial charge in [-0.25, -0.2) is 4.79 Å². The summed E-state index contributed by atoms with van der Waals surface area (Å²) < 4.78 is 4.87. The Hall–Kier alpha value is -2.39. The highest BCUT2D eigenvalue weighted by Crippen LogP contribution is 2.21. The highest BCUT2D eigenvalue weighted by Gasteiger charge is 1.99. The van der Waals surface area contributed by atoms with Gasteiger partial charge in [0.15, 0.2) is 0 Å². The Balaban J connectivity index is 2.18. The molecule has 0 bridgehead atoms. The summed E-state index contributed by atoms with van der Waals surface area (Å²) in [4.78, 5) is 11.3. The number of carbonyl (C=O) groups excluding carboxylic acids is 1. The Morgan fingerprint density at radius 1 is 1.14 bits per heavy atom. The van der Waals surface area contributed by atoms with E-state index in [1.54, 1.807) is 13.0 Å². The first kappa shape index (κ1) is 15.0. The number of nitrogens with two attached hydrogens (primary N) is 1. The van der Waals surface area contributed by atoms with E-state index >= 15 is 0 Å². The Kier molecular flexibility index (Phi) is 5.29. The van der Waals surface area contributed by atoms with E-state index < -0.39 is 0 Å². The molecule has 0 fully saturated rings. The van der Waals surface area contributed by atoms with Crippen LogP contribution in [0.5, 0.6) is 0 Å². The molecule has 2 rings (SSSR count). The fourth-order valence-electron chi connectivity index (χ4n) is 2.01. The van der Waals surface area contributed by atoms with E-state index in [1.807, 2.05) is 36.4 Å². The van der Waals surface area contributed by atoms with Crippen molar-refractivity contribution in [3.05, 3.63) is 65.7 Å². The average molecular weight is 281 g/mol. The summed E-state index contributed by atoms with van der Waals surface area (Å²) in [6.45, 7) is 2.72. The van der Waals surface area contributed by atoms with Crippen LogP contribution in [-0.2, 0) is 16.1 Å². The van der Waals surface area contributed by atoms with Crippen LogP contribution in [-0.4, -0.2) is 12.6 Å². The first-order chi connectivity index (χ1) is 10.2. The van der Waals surface area contributed by atoms with Crippen LogP contribution in [0.15, 0.2) is 54.6 Å². The molecule has 108 valence electrons. The van der Waals surface area contributed by atoms with Gasteiger partial charge in [-0.15, -0.1) is 0 Å². The zero-order chi connectivity index (χ0) is 15.1. The van der Waals surface area contributed by atoms with Crippen molar-refractivity contribution in [2.24, 2.45) is 5.73 Å². The number of rotatable bonds is 5. The van der Waals surface area contributed by atoms with Crippen molar-refractivity contribution in [3.8, 4) is 11.1 Å². The predicted molar refractivity (Wildman–Crippen MR) is 85.4 cm³/mol. The van der Waals surface area contributed by atoms with E-state index in [-0.39, 0.29) is 5.97 Å². The highest BCUT2D eigenvalue weighted by atomic mass is 16.5. The van der Waals surface area contributed by atoms with Gasteiger partial charge in [-0.2, -0.15) is 0 Å². The van der Waals surface area contributed by atoms with Gasteiger partial charge in [0, 0.05) is 12.6 Å². The summed E-state index contributed by atoms with van der Waals surface area (Å²) in [7, 11) is 0. The zero-order valence-electron chi connectivity index (χ0n) is 12.1. The minimum atomic E-state index is -0.324. The van der Waals surface area contributed by atoms with Crippen molar-refractivity contribution >= 4 is 12.0 Å². The third kappa shape index (κ3) is 4.29. The van der Waals surface area contributed by atoms with E-state index in [4.69, 9.17) is 10.5 Å². The van der Waals surface area contributed by atoms with Crippen LogP contribution in [0.25, 0.3) is 17.2 Å². The number of benzene rings is 2. The molecule has 0 heterocycles. The monoisotopic (exact) mass is 281 g/mol. The molecule has 0 atom stereocenters. The molecule has 0 radical (unpaired) electrons. The van der Waals surface area contributed by atoms with Crippen LogP contribution in [0.1, 0.15) is 18.1 Å². The quantitative estimate of drug-likeness (QED) is 0.675. The van der Waals surface area contributed by atoms with Gasteiger partial charge in [0.05, 0.1) is 6.61 Å². The van der Waals surface area contributed by atoms with Crippen molar-refractivity contribution in [1.82, 2.24) is 0 Å². The molecule has 0 aliphatic carbocycles. The van der Waals surface area contributed by atoms with Crippen LogP contribution in [0.4, 0.5) is 0 Å². The molecule has 2 aromatic rings. The second-order valence-corrected chi connectivity index (χ2v) is 4.61. The molecule has 0 spiro atoms. The SMILES string of the molecule is CCOC(=O)C=Cc1cccc(-c2ccc(CN)cc2)c1. The minimum Gasteiger partial charge on any atom is -0.463 e. The maximum atomic E-state index is 11.3. The maximum absolute atomic E-state index is 11.3. The number of ether oxygens (including phenoxy) is 1. The highest BCUT2D eigenvalue weighted by molar-refractivity contribution is 5.87. The largest absolute Gasteiger partial charge is 0.463 e. The second-order valence-electron chi connectivity index (χ2n) is 4.61. The fourth-order valence-corrected chi connectivity index (χ4v) is 2.01. The summed E-state index contributed by atoms with van der Waals surface area (Å²) in [6.07, 6.45) is 3.20. The third-order valence-electron chi connectivity index (χ3n) is 3.11. The van der Waals surface area contributed by atoms with Gasteiger partial charge in [0.1, 0.15) is 0 Å². The molecule has 0 saturated carbocycles. The van der Waals surface area contributed by atoms with Gasteiger partial charge < -0.3 is 10.5 Å². The Morgan fingerprint density at radius 3 is 2.57 bits per heavy atom. The molecule has 3 nitrogen and oxygen atoms in total. The summed E-state index contributed by atoms with van der Waals surface area (Å²) in [6, 6.07) is 16.1. The van der Waals surface area contributed by atoms with Crippen LogP contribution in [0.2, 0.25) is 0 Å². The van der Waals surface area contributed by atoms with Crippen LogP contribution in [0.3, 0.4) is 0 Å². The number of hydrogen-bond donors (Lipinski definition) is 1. The summed E-state index contributed by atoms with van der Waals surface area (Å²) in [5.74, 6) is -0.324. The lowest BCUT2D eigenvalue weighted by Gasteiger charge is -2.04. The average Bonchev–Trinajstić information content (AvgIpc) is 2.54. The van der Waals surface area contributed by atoms with Gasteiger partial charge in [-0.3, -0.25) is 0 Å². The van der Waals surface area contributed by atoms with Crippen LogP contribution in [0, 0.1) is 0 Å². The minimum absolute atomic E-state index is 0.324. The summed E-state index contributed by atoms with van der Waals surface area (Å²) >= 11 is 0. The lowest BCUT2D eigenvalue weighted by atomic mass is 10.0. The van der Waals surface area contributed by atoms with Gasteiger partial charge in [0.25, 0.3) is 0 Å². The van der Waals surface area contributed by atoms with Gasteiger partial charge in [-0.05, 0) is 41.3 Å². The topological polar surface area (TPSA) is 52.3 Å². The van der Waals surface area contributed by atoms with E-state index in [0.717, 1.165) is 22.3 Å². The van der Waals surface area contributed by atoms with Gasteiger partial charge >= 0.3 is 5.97 Å². The number of carbonyl (C=O) groups is 1. The van der Waals surface area contributed by atoms with Crippen molar-refractivity contribution in [1.29, 1.82) is 0 Å². The molecule has 0 unspecified atom stereocenters. The molecule has 0 aliphatic rings. The Labute approximate surface area is 125 Å². The molecule has 3 heteroatoms. The van der Waals surface area contributed by atoms with Crippen LogP contribution < -0.4 is 5.73 Å². The first-order valence-corrected chi connectivity index (χ1v) is 6.97.